The van der Waals surface area contributed by atoms with E-state index in [9.17, 15) is 10.1 Å². The molecule has 1 heterocycles. The maximum Gasteiger partial charge on any atom is 0.288 e. The minimum Gasteiger partial charge on any atom is -0.261 e. The second kappa shape index (κ2) is 6.86. The van der Waals surface area contributed by atoms with Crippen LogP contribution in [-0.4, -0.2) is 15.6 Å². The minimum absolute atomic E-state index is 0.0985. The normalized spacial score (nSPS) is 11.6. The number of halogens is 1. The first-order chi connectivity index (χ1) is 12.0. The van der Waals surface area contributed by atoms with Crippen molar-refractivity contribution in [3.8, 4) is 0 Å². The van der Waals surface area contributed by atoms with E-state index in [2.05, 4.69) is 15.5 Å². The molecule has 0 amide bonds. The van der Waals surface area contributed by atoms with Crippen LogP contribution in [0.2, 0.25) is 5.02 Å². The lowest BCUT2D eigenvalue weighted by molar-refractivity contribution is -0.384. The highest BCUT2D eigenvalue weighted by atomic mass is 35.5. The van der Waals surface area contributed by atoms with E-state index in [4.69, 9.17) is 11.6 Å². The third kappa shape index (κ3) is 3.59. The molecule has 0 atom stereocenters. The molecule has 1 N–H and O–H groups in total. The molecule has 0 aliphatic heterocycles. The van der Waals surface area contributed by atoms with Crippen LogP contribution in [0.5, 0.6) is 0 Å². The molecular formula is C18H15ClN4O2. The number of rotatable bonds is 4. The van der Waals surface area contributed by atoms with E-state index in [1.165, 1.54) is 12.1 Å². The van der Waals surface area contributed by atoms with Gasteiger partial charge < -0.3 is 0 Å². The lowest BCUT2D eigenvalue weighted by atomic mass is 10.1. The number of nitro groups is 1. The summed E-state index contributed by atoms with van der Waals surface area (Å²) in [6.07, 6.45) is 0. The van der Waals surface area contributed by atoms with Crippen molar-refractivity contribution in [3.63, 3.8) is 0 Å². The second-order valence-corrected chi connectivity index (χ2v) is 5.98. The monoisotopic (exact) mass is 354 g/mol. The van der Waals surface area contributed by atoms with Gasteiger partial charge >= 0.3 is 0 Å². The molecule has 0 saturated heterocycles. The first-order valence-corrected chi connectivity index (χ1v) is 7.94. The number of para-hydroxylation sites is 1. The number of nitro benzene ring substituents is 1. The summed E-state index contributed by atoms with van der Waals surface area (Å²) in [5.74, 6) is 0.610. The van der Waals surface area contributed by atoms with Crippen LogP contribution in [0, 0.1) is 17.0 Å². The highest BCUT2D eigenvalue weighted by Crippen LogP contribution is 2.25. The Morgan fingerprint density at radius 2 is 2.00 bits per heavy atom. The lowest BCUT2D eigenvalue weighted by Gasteiger charge is -2.07. The van der Waals surface area contributed by atoms with Crippen molar-refractivity contribution < 1.29 is 4.92 Å². The van der Waals surface area contributed by atoms with Gasteiger partial charge in [0.05, 0.1) is 16.2 Å². The highest BCUT2D eigenvalue weighted by molar-refractivity contribution is 6.32. The Hall–Kier alpha value is -2.99. The second-order valence-electron chi connectivity index (χ2n) is 5.57. The lowest BCUT2D eigenvalue weighted by Crippen LogP contribution is -2.02. The molecule has 0 bridgehead atoms. The average Bonchev–Trinajstić information content (AvgIpc) is 2.60. The van der Waals surface area contributed by atoms with Crippen molar-refractivity contribution in [2.75, 3.05) is 5.43 Å². The van der Waals surface area contributed by atoms with Crippen molar-refractivity contribution >= 4 is 39.7 Å². The number of aromatic nitrogens is 1. The molecule has 2 aromatic carbocycles. The molecule has 0 aliphatic carbocycles. The maximum absolute atomic E-state index is 11.0. The molecule has 0 saturated carbocycles. The largest absolute Gasteiger partial charge is 0.288 e. The van der Waals surface area contributed by atoms with E-state index < -0.39 is 4.92 Å². The minimum atomic E-state index is -0.513. The molecule has 0 fully saturated rings. The summed E-state index contributed by atoms with van der Waals surface area (Å²) in [6.45, 7) is 3.77. The summed E-state index contributed by atoms with van der Waals surface area (Å²) in [6, 6.07) is 14.3. The highest BCUT2D eigenvalue weighted by Gasteiger charge is 2.13. The number of benzene rings is 2. The zero-order valence-electron chi connectivity index (χ0n) is 13.7. The van der Waals surface area contributed by atoms with Crippen molar-refractivity contribution in [2.45, 2.75) is 13.8 Å². The Morgan fingerprint density at radius 3 is 2.76 bits per heavy atom. The number of anilines is 1. The molecular weight excluding hydrogens is 340 g/mol. The van der Waals surface area contributed by atoms with Gasteiger partial charge in [-0.25, -0.2) is 4.98 Å². The number of nitrogens with zero attached hydrogens (tertiary/aromatic N) is 3. The molecule has 6 nitrogen and oxygen atoms in total. The summed E-state index contributed by atoms with van der Waals surface area (Å²) in [5.41, 5.74) is 5.93. The van der Waals surface area contributed by atoms with Crippen LogP contribution in [0.25, 0.3) is 10.9 Å². The van der Waals surface area contributed by atoms with Crippen LogP contribution in [-0.2, 0) is 0 Å². The topological polar surface area (TPSA) is 80.4 Å². The number of hydrazone groups is 1. The van der Waals surface area contributed by atoms with Crippen LogP contribution in [0.1, 0.15) is 18.1 Å². The fourth-order valence-electron chi connectivity index (χ4n) is 2.49. The van der Waals surface area contributed by atoms with E-state index in [0.717, 1.165) is 16.5 Å². The molecule has 3 aromatic rings. The Labute approximate surface area is 149 Å². The van der Waals surface area contributed by atoms with Crippen LogP contribution >= 0.6 is 11.6 Å². The quantitative estimate of drug-likeness (QED) is 0.408. The fraction of sp³-hybridized carbons (Fsp3) is 0.111. The molecule has 7 heteroatoms. The summed E-state index contributed by atoms with van der Waals surface area (Å²) in [5, 5.41) is 16.5. The van der Waals surface area contributed by atoms with Gasteiger partial charge in [-0.05, 0) is 37.6 Å². The van der Waals surface area contributed by atoms with Gasteiger partial charge in [0.1, 0.15) is 10.8 Å². The predicted molar refractivity (Wildman–Crippen MR) is 100 cm³/mol. The SMILES string of the molecule is C/C(=N\Nc1cc(C)c2ccccc2n1)c1ccc(Cl)c([N+](=O)[O-])c1. The Kier molecular flexibility index (Phi) is 4.63. The van der Waals surface area contributed by atoms with E-state index in [1.54, 1.807) is 13.0 Å². The van der Waals surface area contributed by atoms with Gasteiger partial charge in [0.15, 0.2) is 0 Å². The van der Waals surface area contributed by atoms with Crippen molar-refractivity contribution in [2.24, 2.45) is 5.10 Å². The summed E-state index contributed by atoms with van der Waals surface area (Å²) >= 11 is 5.83. The number of aryl methyl sites for hydroxylation is 1. The molecule has 126 valence electrons. The van der Waals surface area contributed by atoms with Crippen LogP contribution in [0.15, 0.2) is 53.6 Å². The third-order valence-electron chi connectivity index (χ3n) is 3.82. The summed E-state index contributed by atoms with van der Waals surface area (Å²) < 4.78 is 0. The molecule has 0 radical (unpaired) electrons. The molecule has 1 aromatic heterocycles. The van der Waals surface area contributed by atoms with E-state index in [-0.39, 0.29) is 10.7 Å². The first kappa shape index (κ1) is 16.9. The number of hydrogen-bond acceptors (Lipinski definition) is 5. The van der Waals surface area contributed by atoms with Gasteiger partial charge in [-0.15, -0.1) is 0 Å². The number of nitrogens with one attached hydrogen (secondary N) is 1. The first-order valence-electron chi connectivity index (χ1n) is 7.56. The Bertz CT molecular complexity index is 1000. The number of hydrogen-bond donors (Lipinski definition) is 1. The van der Waals surface area contributed by atoms with Crippen LogP contribution < -0.4 is 5.43 Å². The van der Waals surface area contributed by atoms with E-state index >= 15 is 0 Å². The Balaban J connectivity index is 1.89. The van der Waals surface area contributed by atoms with Gasteiger partial charge in [0.25, 0.3) is 5.69 Å². The molecule has 0 spiro atoms. The predicted octanol–water partition coefficient (Wildman–Crippen LogP) is 4.94. The fourth-order valence-corrected chi connectivity index (χ4v) is 2.68. The van der Waals surface area contributed by atoms with Crippen LogP contribution in [0.3, 0.4) is 0 Å². The Morgan fingerprint density at radius 1 is 1.24 bits per heavy atom. The van der Waals surface area contributed by atoms with Gasteiger partial charge in [0.2, 0.25) is 0 Å². The third-order valence-corrected chi connectivity index (χ3v) is 4.14. The molecule has 0 aliphatic rings. The maximum atomic E-state index is 11.0. The zero-order valence-corrected chi connectivity index (χ0v) is 14.4. The number of fused-ring (bicyclic) bond motifs is 1. The zero-order chi connectivity index (χ0) is 18.0. The summed E-state index contributed by atoms with van der Waals surface area (Å²) in [4.78, 5) is 15.0. The molecule has 3 rings (SSSR count). The van der Waals surface area contributed by atoms with E-state index in [0.29, 0.717) is 17.1 Å². The standard InChI is InChI=1S/C18H15ClN4O2/c1-11-9-18(20-16-6-4-3-5-14(11)16)22-21-12(2)13-7-8-15(19)17(10-13)23(24)25/h3-10H,1-2H3,(H,20,22)/b21-12+. The number of pyridine rings is 1. The van der Waals surface area contributed by atoms with Crippen molar-refractivity contribution in [3.05, 3.63) is 74.8 Å². The van der Waals surface area contributed by atoms with Crippen LogP contribution in [0.4, 0.5) is 11.5 Å². The molecule has 25 heavy (non-hydrogen) atoms. The smallest absolute Gasteiger partial charge is 0.261 e. The van der Waals surface area contributed by atoms with Gasteiger partial charge in [-0.3, -0.25) is 15.5 Å². The van der Waals surface area contributed by atoms with Gasteiger partial charge in [0, 0.05) is 17.0 Å². The van der Waals surface area contributed by atoms with Crippen molar-refractivity contribution in [1.29, 1.82) is 0 Å². The van der Waals surface area contributed by atoms with Gasteiger partial charge in [-0.2, -0.15) is 5.10 Å². The van der Waals surface area contributed by atoms with Crippen molar-refractivity contribution in [1.82, 2.24) is 4.98 Å². The molecule has 0 unspecified atom stereocenters. The average molecular weight is 355 g/mol. The van der Waals surface area contributed by atoms with Gasteiger partial charge in [-0.1, -0.05) is 35.9 Å². The summed E-state index contributed by atoms with van der Waals surface area (Å²) in [7, 11) is 0. The van der Waals surface area contributed by atoms with E-state index in [1.807, 2.05) is 37.3 Å².